The molecule has 14 heavy (non-hydrogen) atoms. The van der Waals surface area contributed by atoms with Crippen molar-refractivity contribution in [3.63, 3.8) is 0 Å². The number of rotatable bonds is 4. The highest BCUT2D eigenvalue weighted by Crippen LogP contribution is 2.25. The second kappa shape index (κ2) is 4.89. The summed E-state index contributed by atoms with van der Waals surface area (Å²) in [7, 11) is 3.90. The molecule has 0 saturated heterocycles. The van der Waals surface area contributed by atoms with E-state index in [4.69, 9.17) is 0 Å². The molecule has 1 N–H and O–H groups in total. The topological polar surface area (TPSA) is 42.7 Å². The third-order valence-electron chi connectivity index (χ3n) is 2.49. The van der Waals surface area contributed by atoms with E-state index in [-0.39, 0.29) is 0 Å². The Bertz CT molecular complexity index is 278. The van der Waals surface area contributed by atoms with Crippen LogP contribution in [0.5, 0.6) is 0 Å². The lowest BCUT2D eigenvalue weighted by molar-refractivity contribution is 0.494. The Morgan fingerprint density at radius 2 is 2.14 bits per heavy atom. The zero-order valence-corrected chi connectivity index (χ0v) is 10.7. The van der Waals surface area contributed by atoms with E-state index in [9.17, 15) is 0 Å². The first-order chi connectivity index (χ1) is 6.56. The highest BCUT2D eigenvalue weighted by molar-refractivity contribution is 9.10. The highest BCUT2D eigenvalue weighted by Gasteiger charge is 2.17. The van der Waals surface area contributed by atoms with Gasteiger partial charge >= 0.3 is 0 Å². The molecule has 2 unspecified atom stereocenters. The van der Waals surface area contributed by atoms with Crippen molar-refractivity contribution in [3.8, 4) is 0 Å². The van der Waals surface area contributed by atoms with E-state index in [0.29, 0.717) is 12.0 Å². The number of halogens is 1. The number of aromatic nitrogens is 3. The lowest BCUT2D eigenvalue weighted by atomic mass is 10.00. The molecule has 1 aromatic heterocycles. The molecule has 0 aliphatic rings. The van der Waals surface area contributed by atoms with Crippen LogP contribution in [0.25, 0.3) is 0 Å². The van der Waals surface area contributed by atoms with E-state index in [2.05, 4.69) is 45.4 Å². The summed E-state index contributed by atoms with van der Waals surface area (Å²) in [6.07, 6.45) is 1.08. The molecule has 0 saturated carbocycles. The number of hydrogen-bond donors (Lipinski definition) is 1. The van der Waals surface area contributed by atoms with E-state index < -0.39 is 0 Å². The van der Waals surface area contributed by atoms with Crippen LogP contribution >= 0.6 is 15.9 Å². The molecule has 5 heteroatoms. The van der Waals surface area contributed by atoms with Gasteiger partial charge in [0.15, 0.2) is 4.60 Å². The predicted molar refractivity (Wildman–Crippen MR) is 60.3 cm³/mol. The smallest absolute Gasteiger partial charge is 0.151 e. The van der Waals surface area contributed by atoms with E-state index >= 15 is 0 Å². The second-order valence-corrected chi connectivity index (χ2v) is 4.47. The van der Waals surface area contributed by atoms with E-state index in [1.54, 1.807) is 0 Å². The van der Waals surface area contributed by atoms with Gasteiger partial charge in [-0.25, -0.2) is 0 Å². The maximum Gasteiger partial charge on any atom is 0.151 e. The van der Waals surface area contributed by atoms with Crippen molar-refractivity contribution in [3.05, 3.63) is 10.3 Å². The van der Waals surface area contributed by atoms with Crippen LogP contribution in [0.15, 0.2) is 4.60 Å². The van der Waals surface area contributed by atoms with Gasteiger partial charge in [-0.3, -0.25) is 4.68 Å². The van der Waals surface area contributed by atoms with Crippen molar-refractivity contribution >= 4 is 15.9 Å². The molecule has 80 valence electrons. The molecule has 1 aromatic rings. The molecule has 0 spiro atoms. The van der Waals surface area contributed by atoms with Crippen LogP contribution in [0, 0.1) is 0 Å². The lowest BCUT2D eigenvalue weighted by Gasteiger charge is -2.16. The molecule has 0 bridgehead atoms. The Morgan fingerprint density at radius 3 is 2.57 bits per heavy atom. The van der Waals surface area contributed by atoms with Gasteiger partial charge < -0.3 is 5.32 Å². The number of nitrogens with one attached hydrogen (secondary N) is 1. The van der Waals surface area contributed by atoms with E-state index in [0.717, 1.165) is 16.7 Å². The van der Waals surface area contributed by atoms with Gasteiger partial charge in [0.1, 0.15) is 0 Å². The molecule has 0 radical (unpaired) electrons. The van der Waals surface area contributed by atoms with Crippen LogP contribution in [-0.2, 0) is 7.05 Å². The maximum atomic E-state index is 3.98. The van der Waals surface area contributed by atoms with Crippen LogP contribution in [-0.4, -0.2) is 28.1 Å². The minimum Gasteiger partial charge on any atom is -0.317 e. The molecule has 0 aromatic carbocycles. The van der Waals surface area contributed by atoms with Crippen molar-refractivity contribution in [2.75, 3.05) is 7.05 Å². The summed E-state index contributed by atoms with van der Waals surface area (Å²) < 4.78 is 2.69. The SMILES string of the molecule is CNC(C)CC(C)c1c(Br)nnn1C. The molecule has 0 aliphatic carbocycles. The Balaban J connectivity index is 2.73. The molecule has 0 fully saturated rings. The average Bonchev–Trinajstić information content (AvgIpc) is 2.46. The monoisotopic (exact) mass is 260 g/mol. The maximum absolute atomic E-state index is 3.98. The Hall–Kier alpha value is -0.420. The van der Waals surface area contributed by atoms with Gasteiger partial charge in [-0.1, -0.05) is 12.1 Å². The fourth-order valence-corrected chi connectivity index (χ4v) is 2.34. The predicted octanol–water partition coefficient (Wildman–Crippen LogP) is 1.68. The first-order valence-electron chi connectivity index (χ1n) is 4.78. The normalized spacial score (nSPS) is 15.5. The molecule has 1 heterocycles. The Kier molecular flexibility index (Phi) is 4.07. The van der Waals surface area contributed by atoms with Crippen molar-refractivity contribution in [1.82, 2.24) is 20.3 Å². The number of nitrogens with zero attached hydrogens (tertiary/aromatic N) is 3. The highest BCUT2D eigenvalue weighted by atomic mass is 79.9. The van der Waals surface area contributed by atoms with Crippen molar-refractivity contribution < 1.29 is 0 Å². The fourth-order valence-electron chi connectivity index (χ4n) is 1.62. The molecule has 0 amide bonds. The zero-order valence-electron chi connectivity index (χ0n) is 9.08. The number of hydrogen-bond acceptors (Lipinski definition) is 3. The molecular weight excluding hydrogens is 244 g/mol. The molecule has 4 nitrogen and oxygen atoms in total. The quantitative estimate of drug-likeness (QED) is 0.896. The van der Waals surface area contributed by atoms with Gasteiger partial charge in [0.2, 0.25) is 0 Å². The van der Waals surface area contributed by atoms with Crippen LogP contribution in [0.1, 0.15) is 31.9 Å². The van der Waals surface area contributed by atoms with E-state index in [1.165, 1.54) is 0 Å². The van der Waals surface area contributed by atoms with Crippen molar-refractivity contribution in [1.29, 1.82) is 0 Å². The lowest BCUT2D eigenvalue weighted by Crippen LogP contribution is -2.23. The second-order valence-electron chi connectivity index (χ2n) is 3.72. The minimum atomic E-state index is 0.451. The molecule has 2 atom stereocenters. The first kappa shape index (κ1) is 11.7. The largest absolute Gasteiger partial charge is 0.317 e. The molecule has 1 rings (SSSR count). The van der Waals surface area contributed by atoms with Gasteiger partial charge in [0.25, 0.3) is 0 Å². The average molecular weight is 261 g/mol. The van der Waals surface area contributed by atoms with Crippen LogP contribution in [0.2, 0.25) is 0 Å². The summed E-state index contributed by atoms with van der Waals surface area (Å²) in [5.41, 5.74) is 1.16. The fraction of sp³-hybridized carbons (Fsp3) is 0.778. The van der Waals surface area contributed by atoms with Gasteiger partial charge in [0, 0.05) is 19.0 Å². The minimum absolute atomic E-state index is 0.451. The van der Waals surface area contributed by atoms with Gasteiger partial charge in [-0.15, -0.1) is 5.10 Å². The first-order valence-corrected chi connectivity index (χ1v) is 5.57. The van der Waals surface area contributed by atoms with Crippen molar-refractivity contribution in [2.24, 2.45) is 7.05 Å². The summed E-state index contributed by atoms with van der Waals surface area (Å²) >= 11 is 3.41. The summed E-state index contributed by atoms with van der Waals surface area (Å²) in [6.45, 7) is 4.37. The number of aryl methyl sites for hydroxylation is 1. The molecule has 0 aliphatic heterocycles. The third-order valence-corrected chi connectivity index (χ3v) is 3.06. The standard InChI is InChI=1S/C9H17BrN4/c1-6(5-7(2)11-3)8-9(10)12-13-14(8)4/h6-7,11H,5H2,1-4H3. The van der Waals surface area contributed by atoms with Crippen LogP contribution < -0.4 is 5.32 Å². The van der Waals surface area contributed by atoms with Crippen molar-refractivity contribution in [2.45, 2.75) is 32.2 Å². The van der Waals surface area contributed by atoms with Gasteiger partial charge in [0.05, 0.1) is 5.69 Å². The van der Waals surface area contributed by atoms with Crippen LogP contribution in [0.4, 0.5) is 0 Å². The van der Waals surface area contributed by atoms with Gasteiger partial charge in [-0.2, -0.15) is 0 Å². The summed E-state index contributed by atoms with van der Waals surface area (Å²) in [4.78, 5) is 0. The van der Waals surface area contributed by atoms with E-state index in [1.807, 2.05) is 18.8 Å². The Labute approximate surface area is 93.2 Å². The summed E-state index contributed by atoms with van der Waals surface area (Å²) in [5.74, 6) is 0.451. The third kappa shape index (κ3) is 2.54. The summed E-state index contributed by atoms with van der Waals surface area (Å²) in [6, 6.07) is 0.506. The summed E-state index contributed by atoms with van der Waals surface area (Å²) in [5, 5.41) is 11.2. The molecular formula is C9H17BrN4. The van der Waals surface area contributed by atoms with Crippen LogP contribution in [0.3, 0.4) is 0 Å². The van der Waals surface area contributed by atoms with Gasteiger partial charge in [-0.05, 0) is 36.3 Å². The zero-order chi connectivity index (χ0) is 10.7. The Morgan fingerprint density at radius 1 is 1.50 bits per heavy atom.